The first-order valence-electron chi connectivity index (χ1n) is 4.48. The molecule has 0 radical (unpaired) electrons. The Kier molecular flexibility index (Phi) is 4.26. The van der Waals surface area contributed by atoms with Crippen molar-refractivity contribution in [1.29, 1.82) is 0 Å². The van der Waals surface area contributed by atoms with Crippen LogP contribution in [0.2, 0.25) is 0 Å². The molecule has 1 saturated carbocycles. The number of hydrogen-bond acceptors (Lipinski definition) is 7. The molecular formula is C6H12O8S2. The second-order valence-corrected chi connectivity index (χ2v) is 5.85. The van der Waals surface area contributed by atoms with Gasteiger partial charge in [0.2, 0.25) is 0 Å². The summed E-state index contributed by atoms with van der Waals surface area (Å²) in [4.78, 5) is 0. The highest BCUT2D eigenvalue weighted by Gasteiger charge is 2.29. The predicted octanol–water partition coefficient (Wildman–Crippen LogP) is -0.629. The molecule has 0 bridgehead atoms. The number of hydrogen-bond donors (Lipinski definition) is 2. The lowest BCUT2D eigenvalue weighted by Crippen LogP contribution is -2.29. The lowest BCUT2D eigenvalue weighted by molar-refractivity contribution is 0.0519. The highest BCUT2D eigenvalue weighted by Crippen LogP contribution is 2.23. The molecule has 0 heterocycles. The fourth-order valence-electron chi connectivity index (χ4n) is 1.50. The Labute approximate surface area is 93.5 Å². The fourth-order valence-corrected chi connectivity index (χ4v) is 2.97. The van der Waals surface area contributed by atoms with Crippen LogP contribution in [-0.4, -0.2) is 38.7 Å². The summed E-state index contributed by atoms with van der Waals surface area (Å²) in [6, 6.07) is 0. The first-order chi connectivity index (χ1) is 7.18. The summed E-state index contributed by atoms with van der Waals surface area (Å²) >= 11 is 0. The van der Waals surface area contributed by atoms with Gasteiger partial charge in [0.25, 0.3) is 0 Å². The monoisotopic (exact) mass is 276 g/mol. The molecule has 8 nitrogen and oxygen atoms in total. The summed E-state index contributed by atoms with van der Waals surface area (Å²) in [5.74, 6) is 0. The largest absolute Gasteiger partial charge is 0.416 e. The van der Waals surface area contributed by atoms with Crippen LogP contribution in [0.25, 0.3) is 0 Å². The highest BCUT2D eigenvalue weighted by molar-refractivity contribution is 7.94. The lowest BCUT2D eigenvalue weighted by atomic mass is 9.95. The molecule has 0 aliphatic heterocycles. The Morgan fingerprint density at radius 3 is 2.25 bits per heavy atom. The van der Waals surface area contributed by atoms with Crippen LogP contribution in [0.3, 0.4) is 0 Å². The summed E-state index contributed by atoms with van der Waals surface area (Å²) in [5.41, 5.74) is 0. The maximum atomic E-state index is 11.0. The molecular weight excluding hydrogens is 264 g/mol. The minimum Gasteiger partial charge on any atom is -0.393 e. The van der Waals surface area contributed by atoms with Crippen LogP contribution in [0.1, 0.15) is 25.7 Å². The zero-order chi connectivity index (χ0) is 12.4. The smallest absolute Gasteiger partial charge is 0.393 e. The van der Waals surface area contributed by atoms with Crippen molar-refractivity contribution < 1.29 is 34.3 Å². The van der Waals surface area contributed by atoms with Crippen molar-refractivity contribution in [2.24, 2.45) is 0 Å². The van der Waals surface area contributed by atoms with Gasteiger partial charge in [-0.05, 0) is 19.3 Å². The molecule has 0 aromatic rings. The SMILES string of the molecule is O=S(=O)(O)OS(=O)(=O)OC1CCCC(O)C1. The van der Waals surface area contributed by atoms with E-state index < -0.39 is 33.0 Å². The van der Waals surface area contributed by atoms with Crippen LogP contribution in [0.15, 0.2) is 0 Å². The van der Waals surface area contributed by atoms with Gasteiger partial charge in [0.15, 0.2) is 0 Å². The van der Waals surface area contributed by atoms with E-state index in [0.717, 1.165) is 0 Å². The van der Waals surface area contributed by atoms with Gasteiger partial charge >= 0.3 is 20.8 Å². The van der Waals surface area contributed by atoms with E-state index in [1.54, 1.807) is 0 Å². The Bertz CT molecular complexity index is 423. The Morgan fingerprint density at radius 2 is 1.75 bits per heavy atom. The van der Waals surface area contributed by atoms with E-state index in [-0.39, 0.29) is 6.42 Å². The molecule has 2 unspecified atom stereocenters. The van der Waals surface area contributed by atoms with E-state index in [1.165, 1.54) is 0 Å². The van der Waals surface area contributed by atoms with Crippen molar-refractivity contribution in [2.45, 2.75) is 37.9 Å². The molecule has 1 aliphatic carbocycles. The highest BCUT2D eigenvalue weighted by atomic mass is 32.3. The van der Waals surface area contributed by atoms with Crippen molar-refractivity contribution in [2.75, 3.05) is 0 Å². The third-order valence-corrected chi connectivity index (χ3v) is 3.88. The second-order valence-electron chi connectivity index (χ2n) is 3.44. The maximum Gasteiger partial charge on any atom is 0.416 e. The molecule has 1 fully saturated rings. The summed E-state index contributed by atoms with van der Waals surface area (Å²) in [5, 5.41) is 9.23. The normalized spacial score (nSPS) is 27.9. The van der Waals surface area contributed by atoms with Gasteiger partial charge in [-0.25, -0.2) is 4.18 Å². The zero-order valence-electron chi connectivity index (χ0n) is 8.14. The molecule has 2 N–H and O–H groups in total. The second kappa shape index (κ2) is 4.94. The average Bonchev–Trinajstić information content (AvgIpc) is 1.96. The van der Waals surface area contributed by atoms with Crippen LogP contribution in [0.5, 0.6) is 0 Å². The minimum atomic E-state index is -5.12. The van der Waals surface area contributed by atoms with Gasteiger partial charge < -0.3 is 5.11 Å². The molecule has 0 amide bonds. The molecule has 0 spiro atoms. The van der Waals surface area contributed by atoms with E-state index in [2.05, 4.69) is 7.81 Å². The molecule has 2 atom stereocenters. The van der Waals surface area contributed by atoms with Gasteiger partial charge in [-0.1, -0.05) is 0 Å². The molecule has 0 aromatic carbocycles. The van der Waals surface area contributed by atoms with Crippen molar-refractivity contribution in [3.8, 4) is 0 Å². The third-order valence-electron chi connectivity index (χ3n) is 2.02. The average molecular weight is 276 g/mol. The van der Waals surface area contributed by atoms with Crippen molar-refractivity contribution >= 4 is 20.8 Å². The maximum absolute atomic E-state index is 11.0. The third kappa shape index (κ3) is 5.18. The topological polar surface area (TPSA) is 127 Å². The van der Waals surface area contributed by atoms with E-state index in [1.807, 2.05) is 0 Å². The van der Waals surface area contributed by atoms with Gasteiger partial charge in [0.05, 0.1) is 12.2 Å². The Hall–Kier alpha value is -0.260. The van der Waals surface area contributed by atoms with E-state index in [0.29, 0.717) is 19.3 Å². The molecule has 10 heteroatoms. The summed E-state index contributed by atoms with van der Waals surface area (Å²) < 4.78 is 58.2. The van der Waals surface area contributed by atoms with Gasteiger partial charge in [-0.3, -0.25) is 4.55 Å². The quantitative estimate of drug-likeness (QED) is 0.650. The van der Waals surface area contributed by atoms with E-state index in [9.17, 15) is 21.9 Å². The molecule has 0 aromatic heterocycles. The first-order valence-corrected chi connectivity index (χ1v) is 7.17. The minimum absolute atomic E-state index is 0.0774. The van der Waals surface area contributed by atoms with Crippen molar-refractivity contribution in [3.05, 3.63) is 0 Å². The van der Waals surface area contributed by atoms with Gasteiger partial charge in [-0.15, -0.1) is 3.63 Å². The molecule has 0 saturated heterocycles. The standard InChI is InChI=1S/C6H12O8S2/c7-5-2-1-3-6(4-5)13-16(11,12)14-15(8,9)10/h5-7H,1-4H2,(H,8,9,10). The number of rotatable bonds is 4. The van der Waals surface area contributed by atoms with E-state index in [4.69, 9.17) is 4.55 Å². The molecule has 96 valence electrons. The van der Waals surface area contributed by atoms with E-state index >= 15 is 0 Å². The van der Waals surface area contributed by atoms with Gasteiger partial charge in [0.1, 0.15) is 0 Å². The lowest BCUT2D eigenvalue weighted by Gasteiger charge is -2.24. The van der Waals surface area contributed by atoms with Crippen LogP contribution in [0, 0.1) is 0 Å². The summed E-state index contributed by atoms with van der Waals surface area (Å²) in [7, 11) is -9.93. The Morgan fingerprint density at radius 1 is 1.12 bits per heavy atom. The fraction of sp³-hybridized carbons (Fsp3) is 1.00. The summed E-state index contributed by atoms with van der Waals surface area (Å²) in [6.45, 7) is 0. The van der Waals surface area contributed by atoms with Crippen molar-refractivity contribution in [1.82, 2.24) is 0 Å². The first kappa shape index (κ1) is 13.8. The summed E-state index contributed by atoms with van der Waals surface area (Å²) in [6.07, 6.45) is 0.0288. The van der Waals surface area contributed by atoms with Crippen LogP contribution in [-0.2, 0) is 28.6 Å². The predicted molar refractivity (Wildman–Crippen MR) is 50.9 cm³/mol. The molecule has 16 heavy (non-hydrogen) atoms. The van der Waals surface area contributed by atoms with Crippen molar-refractivity contribution in [3.63, 3.8) is 0 Å². The van der Waals surface area contributed by atoms with Gasteiger partial charge in [0, 0.05) is 6.42 Å². The number of aliphatic hydroxyl groups excluding tert-OH is 1. The molecule has 1 aliphatic rings. The molecule has 1 rings (SSSR count). The van der Waals surface area contributed by atoms with Crippen LogP contribution < -0.4 is 0 Å². The zero-order valence-corrected chi connectivity index (χ0v) is 9.78. The van der Waals surface area contributed by atoms with Crippen LogP contribution in [0.4, 0.5) is 0 Å². The van der Waals surface area contributed by atoms with Gasteiger partial charge in [-0.2, -0.15) is 16.8 Å². The van der Waals surface area contributed by atoms with Crippen LogP contribution >= 0.6 is 0 Å². The Balaban J connectivity index is 2.59. The number of aliphatic hydroxyl groups is 1.